The third-order valence-electron chi connectivity index (χ3n) is 5.94. The molecule has 0 aromatic heterocycles. The van der Waals surface area contributed by atoms with E-state index in [1.165, 1.54) is 0 Å². The molecule has 0 heterocycles. The fourth-order valence-corrected chi connectivity index (χ4v) is 4.02. The highest BCUT2D eigenvalue weighted by Crippen LogP contribution is 2.45. The molecule has 0 atom stereocenters. The second kappa shape index (κ2) is 8.95. The number of unbranched alkanes of at least 4 members (excludes halogenated alkanes) is 2. The van der Waals surface area contributed by atoms with Crippen LogP contribution in [0.4, 0.5) is 0 Å². The molecule has 4 heteroatoms. The third kappa shape index (κ3) is 4.38. The molecule has 3 rings (SSSR count). The first-order chi connectivity index (χ1) is 14.3. The van der Waals surface area contributed by atoms with Crippen LogP contribution in [-0.2, 0) is 6.42 Å². The van der Waals surface area contributed by atoms with Crippen molar-refractivity contribution in [3.8, 4) is 22.6 Å². The van der Waals surface area contributed by atoms with Gasteiger partial charge in [0.25, 0.3) is 5.91 Å². The Kier molecular flexibility index (Phi) is 6.55. The van der Waals surface area contributed by atoms with Gasteiger partial charge < -0.3 is 15.1 Å². The van der Waals surface area contributed by atoms with Gasteiger partial charge >= 0.3 is 0 Å². The number of aryl methyl sites for hydroxylation is 2. The fraction of sp³-hybridized carbons (Fsp3) is 0.423. The number of rotatable bonds is 8. The summed E-state index contributed by atoms with van der Waals surface area (Å²) in [6, 6.07) is 7.76. The van der Waals surface area contributed by atoms with Gasteiger partial charge in [0.15, 0.2) is 0 Å². The zero-order valence-electron chi connectivity index (χ0n) is 18.6. The highest BCUT2D eigenvalue weighted by molar-refractivity contribution is 6.02. The van der Waals surface area contributed by atoms with Crippen molar-refractivity contribution in [1.82, 2.24) is 4.90 Å². The van der Waals surface area contributed by atoms with Gasteiger partial charge in [-0.3, -0.25) is 4.79 Å². The number of phenols is 2. The van der Waals surface area contributed by atoms with Gasteiger partial charge in [-0.1, -0.05) is 55.7 Å². The average Bonchev–Trinajstić information content (AvgIpc) is 3.52. The molecule has 0 saturated heterocycles. The van der Waals surface area contributed by atoms with Crippen molar-refractivity contribution in [3.63, 3.8) is 0 Å². The van der Waals surface area contributed by atoms with Crippen molar-refractivity contribution in [2.24, 2.45) is 0 Å². The van der Waals surface area contributed by atoms with Crippen LogP contribution >= 0.6 is 0 Å². The Morgan fingerprint density at radius 1 is 1.20 bits per heavy atom. The third-order valence-corrected chi connectivity index (χ3v) is 5.94. The Morgan fingerprint density at radius 3 is 2.50 bits per heavy atom. The minimum absolute atomic E-state index is 0.00211. The number of hydrogen-bond acceptors (Lipinski definition) is 3. The van der Waals surface area contributed by atoms with Crippen molar-refractivity contribution in [1.29, 1.82) is 0 Å². The number of carbonyl (C=O) groups is 1. The van der Waals surface area contributed by atoms with E-state index in [4.69, 9.17) is 0 Å². The molecule has 0 spiro atoms. The molecule has 1 aliphatic rings. The van der Waals surface area contributed by atoms with Crippen molar-refractivity contribution in [2.75, 3.05) is 7.05 Å². The maximum Gasteiger partial charge on any atom is 0.257 e. The molecule has 1 saturated carbocycles. The molecule has 1 amide bonds. The van der Waals surface area contributed by atoms with Crippen LogP contribution in [0.25, 0.3) is 16.7 Å². The second-order valence-corrected chi connectivity index (χ2v) is 8.59. The van der Waals surface area contributed by atoms with E-state index in [2.05, 4.69) is 13.5 Å². The first kappa shape index (κ1) is 21.9. The Labute approximate surface area is 179 Å². The van der Waals surface area contributed by atoms with E-state index in [1.54, 1.807) is 18.0 Å². The Bertz CT molecular complexity index is 973. The molecule has 4 nitrogen and oxygen atoms in total. The van der Waals surface area contributed by atoms with E-state index in [0.29, 0.717) is 28.7 Å². The number of phenolic OH excluding ortho intramolecular Hbond substituents is 2. The van der Waals surface area contributed by atoms with Crippen molar-refractivity contribution >= 4 is 11.5 Å². The van der Waals surface area contributed by atoms with Crippen LogP contribution < -0.4 is 0 Å². The Hall–Kier alpha value is -2.75. The predicted octanol–water partition coefficient (Wildman–Crippen LogP) is 6.07. The van der Waals surface area contributed by atoms with Gasteiger partial charge in [-0.15, -0.1) is 0 Å². The summed E-state index contributed by atoms with van der Waals surface area (Å²) in [4.78, 5) is 15.1. The number of benzene rings is 2. The predicted molar refractivity (Wildman–Crippen MR) is 123 cm³/mol. The number of allylic oxidation sites excluding steroid dienone is 1. The zero-order chi connectivity index (χ0) is 22.0. The molecule has 0 radical (unpaired) electrons. The summed E-state index contributed by atoms with van der Waals surface area (Å²) in [6.45, 7) is 10.0. The summed E-state index contributed by atoms with van der Waals surface area (Å²) in [5.74, 6) is -0.308. The minimum atomic E-state index is -0.174. The van der Waals surface area contributed by atoms with Gasteiger partial charge in [-0.2, -0.15) is 0 Å². The van der Waals surface area contributed by atoms with Gasteiger partial charge in [0.05, 0.1) is 11.1 Å². The second-order valence-electron chi connectivity index (χ2n) is 8.59. The maximum absolute atomic E-state index is 13.3. The van der Waals surface area contributed by atoms with E-state index >= 15 is 0 Å². The first-order valence-corrected chi connectivity index (χ1v) is 10.9. The highest BCUT2D eigenvalue weighted by atomic mass is 16.3. The van der Waals surface area contributed by atoms with Gasteiger partial charge in [0.2, 0.25) is 0 Å². The number of nitrogens with zero attached hydrogens (tertiary/aromatic N) is 1. The minimum Gasteiger partial charge on any atom is -0.507 e. The van der Waals surface area contributed by atoms with Crippen LogP contribution in [0.15, 0.2) is 30.8 Å². The summed E-state index contributed by atoms with van der Waals surface area (Å²) in [7, 11) is 1.80. The normalized spacial score (nSPS) is 13.3. The van der Waals surface area contributed by atoms with E-state index in [-0.39, 0.29) is 23.4 Å². The van der Waals surface area contributed by atoms with Crippen LogP contribution in [0.3, 0.4) is 0 Å². The SMILES string of the molecule is C=C(C)c1ccc(C)cc1-c1c(O)cc(CCCCC)c(C(=O)N(C)C2CC2)c1O. The molecule has 0 aliphatic heterocycles. The smallest absolute Gasteiger partial charge is 0.257 e. The summed E-state index contributed by atoms with van der Waals surface area (Å²) in [5, 5.41) is 22.3. The lowest BCUT2D eigenvalue weighted by Crippen LogP contribution is -2.29. The van der Waals surface area contributed by atoms with Crippen molar-refractivity contribution in [2.45, 2.75) is 65.3 Å². The molecule has 0 bridgehead atoms. The summed E-state index contributed by atoms with van der Waals surface area (Å²) in [6.07, 6.45) is 5.65. The molecule has 2 aromatic carbocycles. The van der Waals surface area contributed by atoms with E-state index in [1.807, 2.05) is 32.0 Å². The maximum atomic E-state index is 13.3. The standard InChI is InChI=1S/C26H33NO3/c1-6-7-8-9-18-15-22(28)24(21-14-17(4)10-13-20(21)16(2)3)25(29)23(18)26(30)27(5)19-11-12-19/h10,13-15,19,28-29H,2,6-9,11-12H2,1,3-5H3. The largest absolute Gasteiger partial charge is 0.507 e. The van der Waals surface area contributed by atoms with Crippen LogP contribution in [0, 0.1) is 6.92 Å². The molecular formula is C26H33NO3. The van der Waals surface area contributed by atoms with Crippen LogP contribution in [0.1, 0.15) is 73.0 Å². The quantitative estimate of drug-likeness (QED) is 0.522. The Morgan fingerprint density at radius 2 is 1.90 bits per heavy atom. The van der Waals surface area contributed by atoms with E-state index in [9.17, 15) is 15.0 Å². The lowest BCUT2D eigenvalue weighted by Gasteiger charge is -2.22. The molecule has 1 aliphatic carbocycles. The van der Waals surface area contributed by atoms with Crippen LogP contribution in [0.2, 0.25) is 0 Å². The summed E-state index contributed by atoms with van der Waals surface area (Å²) >= 11 is 0. The number of amides is 1. The van der Waals surface area contributed by atoms with Crippen LogP contribution in [0.5, 0.6) is 11.5 Å². The number of carbonyl (C=O) groups excluding carboxylic acids is 1. The fourth-order valence-electron chi connectivity index (χ4n) is 4.02. The molecule has 160 valence electrons. The molecule has 1 fully saturated rings. The van der Waals surface area contributed by atoms with Gasteiger partial charge in [0.1, 0.15) is 11.5 Å². The van der Waals surface area contributed by atoms with Gasteiger partial charge in [-0.25, -0.2) is 0 Å². The zero-order valence-corrected chi connectivity index (χ0v) is 18.6. The lowest BCUT2D eigenvalue weighted by atomic mass is 9.88. The molecule has 2 N–H and O–H groups in total. The first-order valence-electron chi connectivity index (χ1n) is 10.9. The molecule has 2 aromatic rings. The lowest BCUT2D eigenvalue weighted by molar-refractivity contribution is 0.0781. The van der Waals surface area contributed by atoms with E-state index < -0.39 is 0 Å². The van der Waals surface area contributed by atoms with Crippen molar-refractivity contribution < 1.29 is 15.0 Å². The Balaban J connectivity index is 2.20. The molecule has 0 unspecified atom stereocenters. The number of aromatic hydroxyl groups is 2. The summed E-state index contributed by atoms with van der Waals surface area (Å²) in [5.41, 5.74) is 4.72. The van der Waals surface area contributed by atoms with Gasteiger partial charge in [-0.05, 0) is 62.3 Å². The highest BCUT2D eigenvalue weighted by Gasteiger charge is 2.33. The number of hydrogen-bond donors (Lipinski definition) is 2. The molecule has 30 heavy (non-hydrogen) atoms. The summed E-state index contributed by atoms with van der Waals surface area (Å²) < 4.78 is 0. The topological polar surface area (TPSA) is 60.8 Å². The molecular weight excluding hydrogens is 374 g/mol. The van der Waals surface area contributed by atoms with E-state index in [0.717, 1.165) is 48.8 Å². The monoisotopic (exact) mass is 407 g/mol. The van der Waals surface area contributed by atoms with Gasteiger partial charge in [0, 0.05) is 13.1 Å². The average molecular weight is 408 g/mol. The van der Waals surface area contributed by atoms with Crippen LogP contribution in [-0.4, -0.2) is 34.1 Å². The van der Waals surface area contributed by atoms with Crippen molar-refractivity contribution in [3.05, 3.63) is 53.1 Å².